The Morgan fingerprint density at radius 2 is 1.89 bits per heavy atom. The van der Waals surface area contributed by atoms with E-state index in [1.165, 1.54) is 0 Å². The molecule has 0 aliphatic carbocycles. The zero-order chi connectivity index (χ0) is 18.8. The van der Waals surface area contributed by atoms with Crippen LogP contribution < -0.4 is 24.4 Å². The van der Waals surface area contributed by atoms with E-state index in [1.54, 1.807) is 20.3 Å². The molecule has 6 heteroatoms. The number of methoxy groups -OCH3 is 2. The first-order valence-electron chi connectivity index (χ1n) is 9.22. The summed E-state index contributed by atoms with van der Waals surface area (Å²) < 4.78 is 16.4. The van der Waals surface area contributed by atoms with Gasteiger partial charge in [0.25, 0.3) is 0 Å². The van der Waals surface area contributed by atoms with Gasteiger partial charge in [0.1, 0.15) is 17.2 Å². The average molecular weight is 368 g/mol. The fourth-order valence-electron chi connectivity index (χ4n) is 3.75. The van der Waals surface area contributed by atoms with Gasteiger partial charge in [-0.2, -0.15) is 0 Å². The van der Waals surface area contributed by atoms with E-state index in [1.807, 2.05) is 18.2 Å². The van der Waals surface area contributed by atoms with E-state index in [4.69, 9.17) is 14.2 Å². The number of piperazine rings is 1. The third kappa shape index (κ3) is 3.45. The summed E-state index contributed by atoms with van der Waals surface area (Å²) in [5, 5.41) is 3.35. The molecule has 6 nitrogen and oxygen atoms in total. The van der Waals surface area contributed by atoms with Gasteiger partial charge in [-0.1, -0.05) is 12.1 Å². The number of ether oxygens (including phenoxy) is 3. The van der Waals surface area contributed by atoms with Crippen molar-refractivity contribution in [2.75, 3.05) is 45.3 Å². The molecule has 27 heavy (non-hydrogen) atoms. The summed E-state index contributed by atoms with van der Waals surface area (Å²) in [7, 11) is 3.20. The highest BCUT2D eigenvalue weighted by Crippen LogP contribution is 2.39. The molecule has 1 atom stereocenters. The summed E-state index contributed by atoms with van der Waals surface area (Å²) >= 11 is 0. The van der Waals surface area contributed by atoms with Gasteiger partial charge in [0.05, 0.1) is 20.1 Å². The van der Waals surface area contributed by atoms with Gasteiger partial charge in [-0.05, 0) is 24.1 Å². The molecule has 142 valence electrons. The molecule has 0 aromatic heterocycles. The van der Waals surface area contributed by atoms with E-state index in [0.717, 1.165) is 43.0 Å². The maximum atomic E-state index is 12.7. The number of nitrogens with one attached hydrogen (secondary N) is 1. The zero-order valence-electron chi connectivity index (χ0n) is 15.7. The Morgan fingerprint density at radius 1 is 1.07 bits per heavy atom. The number of hydrogen-bond donors (Lipinski definition) is 1. The fraction of sp³-hybridized carbons (Fsp3) is 0.381. The Balaban J connectivity index is 1.61. The molecule has 0 spiro atoms. The number of hydrogen-bond acceptors (Lipinski definition) is 6. The Hall–Kier alpha value is -2.73. The summed E-state index contributed by atoms with van der Waals surface area (Å²) in [4.78, 5) is 15.0. The first-order chi connectivity index (χ1) is 13.2. The predicted octanol–water partition coefficient (Wildman–Crippen LogP) is 2.36. The highest BCUT2D eigenvalue weighted by Gasteiger charge is 2.32. The van der Waals surface area contributed by atoms with E-state index in [9.17, 15) is 4.79 Å². The van der Waals surface area contributed by atoms with Crippen molar-refractivity contribution in [3.05, 3.63) is 47.5 Å². The van der Waals surface area contributed by atoms with Gasteiger partial charge in [0.15, 0.2) is 0 Å². The second kappa shape index (κ2) is 7.48. The van der Waals surface area contributed by atoms with Gasteiger partial charge in [0, 0.05) is 49.6 Å². The number of benzene rings is 2. The lowest BCUT2D eigenvalue weighted by Gasteiger charge is -2.31. The Labute approximate surface area is 159 Å². The van der Waals surface area contributed by atoms with Crippen molar-refractivity contribution in [3.8, 4) is 17.2 Å². The zero-order valence-corrected chi connectivity index (χ0v) is 15.7. The molecule has 1 unspecified atom stereocenters. The quantitative estimate of drug-likeness (QED) is 0.660. The number of fused-ring (bicyclic) bond motifs is 1. The van der Waals surface area contributed by atoms with Crippen molar-refractivity contribution in [2.45, 2.75) is 12.3 Å². The van der Waals surface area contributed by atoms with E-state index in [-0.39, 0.29) is 11.9 Å². The molecule has 2 heterocycles. The molecule has 2 aromatic rings. The van der Waals surface area contributed by atoms with Gasteiger partial charge < -0.3 is 24.4 Å². The normalized spacial score (nSPS) is 19.3. The van der Waals surface area contributed by atoms with E-state index >= 15 is 0 Å². The number of anilines is 1. The van der Waals surface area contributed by atoms with Crippen molar-refractivity contribution < 1.29 is 19.0 Å². The molecule has 0 radical (unpaired) electrons. The van der Waals surface area contributed by atoms with Crippen LogP contribution in [0.3, 0.4) is 0 Å². The molecule has 1 saturated heterocycles. The summed E-state index contributed by atoms with van der Waals surface area (Å²) in [6.45, 7) is 3.85. The van der Waals surface area contributed by atoms with Crippen LogP contribution in [0.15, 0.2) is 36.4 Å². The van der Waals surface area contributed by atoms with Crippen LogP contribution in [0.5, 0.6) is 17.2 Å². The van der Waals surface area contributed by atoms with Crippen LogP contribution in [0.1, 0.15) is 17.0 Å². The maximum Gasteiger partial charge on any atom is 0.319 e. The lowest BCUT2D eigenvalue weighted by Crippen LogP contribution is -2.43. The van der Waals surface area contributed by atoms with Crippen molar-refractivity contribution in [1.29, 1.82) is 0 Å². The van der Waals surface area contributed by atoms with Crippen LogP contribution in [-0.4, -0.2) is 46.4 Å². The van der Waals surface area contributed by atoms with E-state index < -0.39 is 0 Å². The second-order valence-electron chi connectivity index (χ2n) is 6.81. The predicted molar refractivity (Wildman–Crippen MR) is 103 cm³/mol. The summed E-state index contributed by atoms with van der Waals surface area (Å²) in [5.41, 5.74) is 2.96. The first kappa shape index (κ1) is 17.7. The minimum atomic E-state index is -0.386. The number of rotatable bonds is 4. The van der Waals surface area contributed by atoms with Crippen molar-refractivity contribution in [1.82, 2.24) is 5.32 Å². The Kier molecular flexibility index (Phi) is 4.90. The van der Waals surface area contributed by atoms with E-state index in [0.29, 0.717) is 23.7 Å². The monoisotopic (exact) mass is 368 g/mol. The maximum absolute atomic E-state index is 12.7. The van der Waals surface area contributed by atoms with Gasteiger partial charge in [-0.3, -0.25) is 4.79 Å². The third-order valence-electron chi connectivity index (χ3n) is 5.27. The van der Waals surface area contributed by atoms with Gasteiger partial charge in [0.2, 0.25) is 0 Å². The number of esters is 1. The Bertz CT molecular complexity index is 846. The van der Waals surface area contributed by atoms with Crippen LogP contribution in [0.2, 0.25) is 0 Å². The molecular weight excluding hydrogens is 344 g/mol. The van der Waals surface area contributed by atoms with Crippen LogP contribution >= 0.6 is 0 Å². The minimum absolute atomic E-state index is 0.247. The third-order valence-corrected chi connectivity index (χ3v) is 5.27. The molecular formula is C21H24N2O4. The summed E-state index contributed by atoms with van der Waals surface area (Å²) in [6.07, 6.45) is 0.596. The van der Waals surface area contributed by atoms with Crippen LogP contribution in [-0.2, 0) is 11.2 Å². The van der Waals surface area contributed by atoms with Crippen LogP contribution in [0.25, 0.3) is 0 Å². The average Bonchev–Trinajstić information content (AvgIpc) is 2.73. The number of nitrogens with zero attached hydrogens (tertiary/aromatic N) is 1. The molecule has 0 bridgehead atoms. The number of carbonyl (C=O) groups excluding carboxylic acids is 1. The summed E-state index contributed by atoms with van der Waals surface area (Å²) in [5.74, 6) is 1.37. The van der Waals surface area contributed by atoms with Gasteiger partial charge in [-0.25, -0.2) is 0 Å². The Morgan fingerprint density at radius 3 is 2.63 bits per heavy atom. The molecule has 2 aliphatic heterocycles. The molecule has 1 fully saturated rings. The van der Waals surface area contributed by atoms with Crippen molar-refractivity contribution in [2.24, 2.45) is 0 Å². The second-order valence-corrected chi connectivity index (χ2v) is 6.81. The van der Waals surface area contributed by atoms with Gasteiger partial charge in [-0.15, -0.1) is 0 Å². The smallest absolute Gasteiger partial charge is 0.319 e. The highest BCUT2D eigenvalue weighted by molar-refractivity contribution is 5.84. The first-order valence-corrected chi connectivity index (χ1v) is 9.22. The molecule has 0 amide bonds. The molecule has 0 saturated carbocycles. The van der Waals surface area contributed by atoms with E-state index in [2.05, 4.69) is 22.3 Å². The highest BCUT2D eigenvalue weighted by atomic mass is 16.5. The molecule has 2 aromatic carbocycles. The van der Waals surface area contributed by atoms with Crippen molar-refractivity contribution in [3.63, 3.8) is 0 Å². The largest absolute Gasteiger partial charge is 0.497 e. The number of carbonyl (C=O) groups is 1. The SMILES string of the molecule is COc1ccc(C2Cc3ccc(N4CCNCC4)cc3OC2=O)c(OC)c1. The molecule has 1 N–H and O–H groups in total. The lowest BCUT2D eigenvalue weighted by molar-refractivity contribution is -0.137. The standard InChI is InChI=1S/C21H24N2O4/c1-25-16-5-6-17(20(13-16)26-2)18-11-14-3-4-15(12-19(14)27-21(18)24)23-9-7-22-8-10-23/h3-6,12-13,18,22H,7-11H2,1-2H3. The summed E-state index contributed by atoms with van der Waals surface area (Å²) in [6, 6.07) is 11.7. The minimum Gasteiger partial charge on any atom is -0.497 e. The van der Waals surface area contributed by atoms with Crippen LogP contribution in [0, 0.1) is 0 Å². The van der Waals surface area contributed by atoms with Crippen LogP contribution in [0.4, 0.5) is 5.69 Å². The molecule has 4 rings (SSSR count). The molecule has 2 aliphatic rings. The fourth-order valence-corrected chi connectivity index (χ4v) is 3.75. The lowest BCUT2D eigenvalue weighted by atomic mass is 9.89. The van der Waals surface area contributed by atoms with Crippen molar-refractivity contribution >= 4 is 11.7 Å². The van der Waals surface area contributed by atoms with Gasteiger partial charge >= 0.3 is 5.97 Å². The topological polar surface area (TPSA) is 60.0 Å².